The topological polar surface area (TPSA) is 20.2 Å². The van der Waals surface area contributed by atoms with E-state index in [1.807, 2.05) is 17.8 Å². The molecule has 0 bridgehead atoms. The molecule has 1 aliphatic rings. The number of hydrogen-bond donors (Lipinski definition) is 1. The van der Waals surface area contributed by atoms with E-state index in [4.69, 9.17) is 0 Å². The van der Waals surface area contributed by atoms with Gasteiger partial charge in [-0.3, -0.25) is 0 Å². The van der Waals surface area contributed by atoms with Crippen LogP contribution in [0, 0.1) is 5.92 Å². The van der Waals surface area contributed by atoms with Gasteiger partial charge < -0.3 is 5.11 Å². The zero-order valence-electron chi connectivity index (χ0n) is 6.83. The van der Waals surface area contributed by atoms with Crippen LogP contribution in [0.4, 0.5) is 0 Å². The van der Waals surface area contributed by atoms with Gasteiger partial charge in [-0.25, -0.2) is 0 Å². The molecule has 2 unspecified atom stereocenters. The van der Waals surface area contributed by atoms with Crippen molar-refractivity contribution in [3.8, 4) is 0 Å². The van der Waals surface area contributed by atoms with Crippen molar-refractivity contribution < 1.29 is 5.11 Å². The maximum atomic E-state index is 9.44. The van der Waals surface area contributed by atoms with Crippen LogP contribution in [-0.2, 0) is 0 Å². The van der Waals surface area contributed by atoms with Crippen LogP contribution in [0.2, 0.25) is 0 Å². The number of hydrogen-bond acceptors (Lipinski definition) is 2. The molecule has 1 aliphatic heterocycles. The summed E-state index contributed by atoms with van der Waals surface area (Å²) in [5, 5.41) is 9.44. The van der Waals surface area contributed by atoms with E-state index in [-0.39, 0.29) is 6.10 Å². The predicted octanol–water partition coefficient (Wildman–Crippen LogP) is 2.07. The van der Waals surface area contributed by atoms with Crippen molar-refractivity contribution in [1.29, 1.82) is 0 Å². The molecule has 0 aromatic carbocycles. The molecule has 1 nitrogen and oxygen atoms in total. The predicted molar refractivity (Wildman–Crippen MR) is 50.9 cm³/mol. The largest absolute Gasteiger partial charge is 0.392 e. The molecule has 2 atom stereocenters. The Balaban J connectivity index is 2.10. The van der Waals surface area contributed by atoms with Crippen LogP contribution in [0.5, 0.6) is 0 Å². The fraction of sp³-hybridized carbons (Fsp3) is 0.778. The van der Waals surface area contributed by atoms with E-state index in [0.29, 0.717) is 5.92 Å². The molecule has 1 N–H and O–H groups in total. The van der Waals surface area contributed by atoms with Crippen molar-refractivity contribution in [1.82, 2.24) is 0 Å². The van der Waals surface area contributed by atoms with Crippen molar-refractivity contribution in [3.05, 3.63) is 12.7 Å². The van der Waals surface area contributed by atoms with Gasteiger partial charge in [0.05, 0.1) is 6.10 Å². The van der Waals surface area contributed by atoms with Crippen molar-refractivity contribution in [2.75, 3.05) is 11.5 Å². The van der Waals surface area contributed by atoms with E-state index in [0.717, 1.165) is 17.9 Å². The Kier molecular flexibility index (Phi) is 4.02. The Morgan fingerprint density at radius 2 is 2.36 bits per heavy atom. The minimum Gasteiger partial charge on any atom is -0.392 e. The second-order valence-electron chi connectivity index (χ2n) is 3.08. The molecule has 1 fully saturated rings. The Hall–Kier alpha value is 0.0500. The second-order valence-corrected chi connectivity index (χ2v) is 4.16. The third-order valence-corrected chi connectivity index (χ3v) is 3.39. The van der Waals surface area contributed by atoms with E-state index in [9.17, 15) is 5.11 Å². The summed E-state index contributed by atoms with van der Waals surface area (Å²) >= 11 is 1.87. The van der Waals surface area contributed by atoms with Gasteiger partial charge in [0.2, 0.25) is 0 Å². The Bertz CT molecular complexity index is 125. The van der Waals surface area contributed by atoms with Gasteiger partial charge in [0.1, 0.15) is 0 Å². The van der Waals surface area contributed by atoms with E-state index in [1.54, 1.807) is 0 Å². The highest BCUT2D eigenvalue weighted by molar-refractivity contribution is 7.99. The Morgan fingerprint density at radius 3 is 2.91 bits per heavy atom. The number of aliphatic hydroxyl groups excluding tert-OH is 1. The lowest BCUT2D eigenvalue weighted by Crippen LogP contribution is -2.17. The van der Waals surface area contributed by atoms with E-state index >= 15 is 0 Å². The van der Waals surface area contributed by atoms with Crippen LogP contribution < -0.4 is 0 Å². The molecular formula is C9H16OS. The molecular weight excluding hydrogens is 156 g/mol. The fourth-order valence-electron chi connectivity index (χ4n) is 1.39. The van der Waals surface area contributed by atoms with Gasteiger partial charge in [-0.05, 0) is 30.9 Å². The van der Waals surface area contributed by atoms with Gasteiger partial charge in [0.15, 0.2) is 0 Å². The lowest BCUT2D eigenvalue weighted by atomic mass is 9.99. The van der Waals surface area contributed by atoms with Gasteiger partial charge in [-0.1, -0.05) is 6.08 Å². The maximum Gasteiger partial charge on any atom is 0.0666 e. The summed E-state index contributed by atoms with van der Waals surface area (Å²) in [6, 6.07) is 0. The summed E-state index contributed by atoms with van der Waals surface area (Å²) in [5.41, 5.74) is 0. The maximum absolute atomic E-state index is 9.44. The molecule has 64 valence electrons. The molecule has 0 saturated carbocycles. The normalized spacial score (nSPS) is 30.6. The summed E-state index contributed by atoms with van der Waals surface area (Å²) in [4.78, 5) is 0. The molecule has 0 radical (unpaired) electrons. The first-order valence-corrected chi connectivity index (χ1v) is 5.36. The third kappa shape index (κ3) is 2.88. The van der Waals surface area contributed by atoms with Gasteiger partial charge in [0.25, 0.3) is 0 Å². The highest BCUT2D eigenvalue weighted by Gasteiger charge is 2.24. The molecule has 0 aromatic heterocycles. The lowest BCUT2D eigenvalue weighted by Gasteiger charge is -2.11. The average molecular weight is 172 g/mol. The molecule has 0 amide bonds. The van der Waals surface area contributed by atoms with Crippen molar-refractivity contribution in [3.63, 3.8) is 0 Å². The van der Waals surface area contributed by atoms with Crippen LogP contribution in [0.15, 0.2) is 12.7 Å². The van der Waals surface area contributed by atoms with Gasteiger partial charge >= 0.3 is 0 Å². The Morgan fingerprint density at radius 1 is 1.55 bits per heavy atom. The molecule has 0 aromatic rings. The van der Waals surface area contributed by atoms with Crippen molar-refractivity contribution >= 4 is 11.8 Å². The quantitative estimate of drug-likeness (QED) is 0.517. The van der Waals surface area contributed by atoms with Gasteiger partial charge in [-0.15, -0.1) is 6.58 Å². The van der Waals surface area contributed by atoms with E-state index in [2.05, 4.69) is 6.58 Å². The standard InChI is InChI=1S/C9H16OS/c1-2-3-4-5-8-6-11-7-9(8)10/h2,8-10H,1,3-7H2. The number of unbranched alkanes of at least 4 members (excludes halogenated alkanes) is 1. The smallest absolute Gasteiger partial charge is 0.0666 e. The molecule has 2 heteroatoms. The van der Waals surface area contributed by atoms with E-state index < -0.39 is 0 Å². The first-order valence-electron chi connectivity index (χ1n) is 4.21. The zero-order valence-corrected chi connectivity index (χ0v) is 7.65. The average Bonchev–Trinajstić information content (AvgIpc) is 2.37. The second kappa shape index (κ2) is 4.83. The molecule has 1 heterocycles. The monoisotopic (exact) mass is 172 g/mol. The third-order valence-electron chi connectivity index (χ3n) is 2.15. The number of allylic oxidation sites excluding steroid dienone is 1. The first-order chi connectivity index (χ1) is 5.34. The molecule has 11 heavy (non-hydrogen) atoms. The highest BCUT2D eigenvalue weighted by Crippen LogP contribution is 2.27. The van der Waals surface area contributed by atoms with Crippen LogP contribution in [-0.4, -0.2) is 22.7 Å². The SMILES string of the molecule is C=CCCCC1CSCC1O. The first kappa shape index (κ1) is 9.14. The molecule has 1 saturated heterocycles. The highest BCUT2D eigenvalue weighted by atomic mass is 32.2. The summed E-state index contributed by atoms with van der Waals surface area (Å²) in [7, 11) is 0. The summed E-state index contributed by atoms with van der Waals surface area (Å²) < 4.78 is 0. The molecule has 1 rings (SSSR count). The van der Waals surface area contributed by atoms with E-state index in [1.165, 1.54) is 12.8 Å². The molecule has 0 spiro atoms. The van der Waals surface area contributed by atoms with Crippen LogP contribution in [0.1, 0.15) is 19.3 Å². The minimum absolute atomic E-state index is 0.0372. The van der Waals surface area contributed by atoms with Gasteiger partial charge in [0, 0.05) is 5.75 Å². The summed E-state index contributed by atoms with van der Waals surface area (Å²) in [5.74, 6) is 2.65. The summed E-state index contributed by atoms with van der Waals surface area (Å²) in [6.45, 7) is 3.68. The summed E-state index contributed by atoms with van der Waals surface area (Å²) in [6.07, 6.45) is 5.36. The van der Waals surface area contributed by atoms with Gasteiger partial charge in [-0.2, -0.15) is 11.8 Å². The number of thioether (sulfide) groups is 1. The van der Waals surface area contributed by atoms with Crippen LogP contribution in [0.25, 0.3) is 0 Å². The minimum atomic E-state index is -0.0372. The number of rotatable bonds is 4. The lowest BCUT2D eigenvalue weighted by molar-refractivity contribution is 0.143. The van der Waals surface area contributed by atoms with Crippen molar-refractivity contribution in [2.45, 2.75) is 25.4 Å². The molecule has 0 aliphatic carbocycles. The number of aliphatic hydroxyl groups is 1. The fourth-order valence-corrected chi connectivity index (χ4v) is 2.73. The van der Waals surface area contributed by atoms with Crippen LogP contribution >= 0.6 is 11.8 Å². The van der Waals surface area contributed by atoms with Crippen LogP contribution in [0.3, 0.4) is 0 Å². The Labute approximate surface area is 72.9 Å². The zero-order chi connectivity index (χ0) is 8.10. The van der Waals surface area contributed by atoms with Crippen molar-refractivity contribution in [2.24, 2.45) is 5.92 Å².